The number of benzene rings is 2. The van der Waals surface area contributed by atoms with Crippen LogP contribution >= 0.6 is 28.6 Å². The van der Waals surface area contributed by atoms with Gasteiger partial charge in [-0.2, -0.15) is 0 Å². The molecule has 0 aliphatic rings. The van der Waals surface area contributed by atoms with E-state index in [1.165, 1.54) is 0 Å². The molecule has 0 amide bonds. The van der Waals surface area contributed by atoms with Crippen LogP contribution in [0.3, 0.4) is 0 Å². The highest BCUT2D eigenvalue weighted by atomic mass is 79.9. The van der Waals surface area contributed by atoms with Crippen molar-refractivity contribution in [3.8, 4) is 5.75 Å². The number of nitrogens with one attached hydrogen (secondary N) is 1. The Hall–Kier alpha value is -1.82. The number of nitrogens with zero attached hydrogens (tertiary/aromatic N) is 1. The molecule has 3 aromatic rings. The number of phenols is 1. The molecule has 1 heterocycles. The second-order valence-corrected chi connectivity index (χ2v) is 5.08. The van der Waals surface area contributed by atoms with E-state index in [-0.39, 0.29) is 28.2 Å². The van der Waals surface area contributed by atoms with Crippen molar-refractivity contribution in [3.63, 3.8) is 0 Å². The smallest absolute Gasteiger partial charge is 0.116 e. The summed E-state index contributed by atoms with van der Waals surface area (Å²) in [6.07, 6.45) is 0. The summed E-state index contributed by atoms with van der Waals surface area (Å²) in [7, 11) is 0. The van der Waals surface area contributed by atoms with Crippen molar-refractivity contribution in [1.29, 1.82) is 0 Å². The van der Waals surface area contributed by atoms with Gasteiger partial charge >= 0.3 is 0 Å². The molecule has 0 aliphatic heterocycles. The number of halogens is 2. The molecule has 0 fully saturated rings. The molecule has 0 atom stereocenters. The van der Waals surface area contributed by atoms with E-state index in [4.69, 9.17) is 11.6 Å². The van der Waals surface area contributed by atoms with E-state index < -0.39 is 0 Å². The van der Waals surface area contributed by atoms with Gasteiger partial charge in [-0.15, -0.1) is 17.0 Å². The van der Waals surface area contributed by atoms with Crippen LogP contribution in [-0.2, 0) is 0 Å². The molecule has 0 aliphatic carbocycles. The van der Waals surface area contributed by atoms with E-state index in [0.29, 0.717) is 5.02 Å². The van der Waals surface area contributed by atoms with Crippen LogP contribution < -0.4 is 5.32 Å². The first-order valence-electron chi connectivity index (χ1n) is 6.25. The zero-order chi connectivity index (χ0) is 14.1. The van der Waals surface area contributed by atoms with Crippen LogP contribution in [0.5, 0.6) is 5.75 Å². The number of phenolic OH excluding ortho intramolecular Hbond substituents is 1. The van der Waals surface area contributed by atoms with Crippen molar-refractivity contribution in [1.82, 2.24) is 4.98 Å². The summed E-state index contributed by atoms with van der Waals surface area (Å²) in [5.41, 5.74) is 3.61. The van der Waals surface area contributed by atoms with Gasteiger partial charge in [-0.1, -0.05) is 11.6 Å². The Morgan fingerprint density at radius 1 is 1.05 bits per heavy atom. The quantitative estimate of drug-likeness (QED) is 0.688. The molecule has 1 aromatic heterocycles. The van der Waals surface area contributed by atoms with Gasteiger partial charge in [-0.05, 0) is 55.5 Å². The summed E-state index contributed by atoms with van der Waals surface area (Å²) in [6.45, 7) is 1.94. The minimum absolute atomic E-state index is 0. The third-order valence-electron chi connectivity index (χ3n) is 3.04. The molecule has 4 N–H and O–H groups in total. The Kier molecular flexibility index (Phi) is 6.17. The van der Waals surface area contributed by atoms with Gasteiger partial charge in [0.2, 0.25) is 0 Å². The molecule has 0 radical (unpaired) electrons. The van der Waals surface area contributed by atoms with Crippen molar-refractivity contribution in [2.45, 2.75) is 6.92 Å². The largest absolute Gasteiger partial charge is 0.508 e. The maximum absolute atomic E-state index is 9.65. The topological polar surface area (TPSA) is 76.7 Å². The van der Waals surface area contributed by atoms with Crippen LogP contribution in [0.15, 0.2) is 48.5 Å². The summed E-state index contributed by atoms with van der Waals surface area (Å²) in [5, 5.41) is 14.6. The monoisotopic (exact) mass is 382 g/mol. The Balaban J connectivity index is 0.00000121. The first-order chi connectivity index (χ1) is 9.61. The molecule has 6 heteroatoms. The Labute approximate surface area is 143 Å². The van der Waals surface area contributed by atoms with Crippen molar-refractivity contribution in [3.05, 3.63) is 59.2 Å². The minimum Gasteiger partial charge on any atom is -0.508 e. The summed E-state index contributed by atoms with van der Waals surface area (Å²) in [5.74, 6) is 0.224. The van der Waals surface area contributed by atoms with Crippen molar-refractivity contribution < 1.29 is 10.6 Å². The van der Waals surface area contributed by atoms with Crippen LogP contribution in [0, 0.1) is 6.92 Å². The van der Waals surface area contributed by atoms with Gasteiger partial charge < -0.3 is 15.9 Å². The Morgan fingerprint density at radius 2 is 1.73 bits per heavy atom. The highest BCUT2D eigenvalue weighted by Gasteiger charge is 2.05. The first kappa shape index (κ1) is 18.2. The van der Waals surface area contributed by atoms with Crippen LogP contribution in [0.2, 0.25) is 5.02 Å². The average molecular weight is 384 g/mol. The number of aromatic nitrogens is 1. The van der Waals surface area contributed by atoms with Crippen LogP contribution in [0.1, 0.15) is 5.69 Å². The van der Waals surface area contributed by atoms with Gasteiger partial charge in [0.1, 0.15) is 5.75 Å². The SMILES string of the molecule is Br.Cc1cc(Nc2ccc(Cl)cc2)c2cc(O)ccc2n1.O. The van der Waals surface area contributed by atoms with E-state index in [0.717, 1.165) is 28.0 Å². The lowest BCUT2D eigenvalue weighted by molar-refractivity contribution is 0.476. The number of anilines is 2. The Bertz CT molecular complexity index is 779. The van der Waals surface area contributed by atoms with Gasteiger partial charge in [0, 0.05) is 27.5 Å². The fraction of sp³-hybridized carbons (Fsp3) is 0.0625. The fourth-order valence-corrected chi connectivity index (χ4v) is 2.26. The highest BCUT2D eigenvalue weighted by Crippen LogP contribution is 2.29. The molecule has 3 rings (SSSR count). The van der Waals surface area contributed by atoms with Gasteiger partial charge in [-0.3, -0.25) is 4.98 Å². The van der Waals surface area contributed by atoms with Crippen molar-refractivity contribution >= 4 is 50.9 Å². The zero-order valence-corrected chi connectivity index (χ0v) is 14.3. The third-order valence-corrected chi connectivity index (χ3v) is 3.30. The molecule has 0 saturated carbocycles. The van der Waals surface area contributed by atoms with Gasteiger partial charge in [0.15, 0.2) is 0 Å². The normalized spacial score (nSPS) is 9.73. The highest BCUT2D eigenvalue weighted by molar-refractivity contribution is 8.93. The van der Waals surface area contributed by atoms with E-state index in [1.807, 2.05) is 43.3 Å². The number of aromatic hydroxyl groups is 1. The molecule has 0 unspecified atom stereocenters. The van der Waals surface area contributed by atoms with Gasteiger partial charge in [-0.25, -0.2) is 0 Å². The first-order valence-corrected chi connectivity index (χ1v) is 6.62. The van der Waals surface area contributed by atoms with Crippen LogP contribution in [-0.4, -0.2) is 15.6 Å². The second-order valence-electron chi connectivity index (χ2n) is 4.64. The lowest BCUT2D eigenvalue weighted by Gasteiger charge is -2.11. The van der Waals surface area contributed by atoms with Crippen LogP contribution in [0.25, 0.3) is 10.9 Å². The summed E-state index contributed by atoms with van der Waals surface area (Å²) in [4.78, 5) is 4.46. The zero-order valence-electron chi connectivity index (χ0n) is 11.8. The molecule has 116 valence electrons. The predicted octanol–water partition coefficient (Wildman–Crippen LogP) is 4.40. The average Bonchev–Trinajstić information content (AvgIpc) is 2.42. The lowest BCUT2D eigenvalue weighted by atomic mass is 10.1. The standard InChI is InChI=1S/C16H13ClN2O.BrH.H2O/c1-10-8-16(19-12-4-2-11(17)3-5-12)14-9-13(20)6-7-15(14)18-10;;/h2-9,20H,1H3,(H,18,19);1H;1H2. The minimum atomic E-state index is 0. The Morgan fingerprint density at radius 3 is 2.41 bits per heavy atom. The number of hydrogen-bond donors (Lipinski definition) is 2. The fourth-order valence-electron chi connectivity index (χ4n) is 2.14. The molecule has 0 saturated heterocycles. The molecule has 4 nitrogen and oxygen atoms in total. The lowest BCUT2D eigenvalue weighted by Crippen LogP contribution is -1.94. The number of rotatable bonds is 2. The van der Waals surface area contributed by atoms with Gasteiger partial charge in [0.05, 0.1) is 5.52 Å². The molecule has 2 aromatic carbocycles. The van der Waals surface area contributed by atoms with E-state index >= 15 is 0 Å². The van der Waals surface area contributed by atoms with Crippen molar-refractivity contribution in [2.75, 3.05) is 5.32 Å². The van der Waals surface area contributed by atoms with Gasteiger partial charge in [0.25, 0.3) is 0 Å². The maximum Gasteiger partial charge on any atom is 0.116 e. The number of aryl methyl sites for hydroxylation is 1. The molecular weight excluding hydrogens is 368 g/mol. The molecular formula is C16H16BrClN2O2. The number of fused-ring (bicyclic) bond motifs is 1. The maximum atomic E-state index is 9.65. The third kappa shape index (κ3) is 3.88. The number of pyridine rings is 1. The van der Waals surface area contributed by atoms with E-state index in [9.17, 15) is 5.11 Å². The molecule has 22 heavy (non-hydrogen) atoms. The summed E-state index contributed by atoms with van der Waals surface area (Å²) < 4.78 is 0. The predicted molar refractivity (Wildman–Crippen MR) is 96.8 cm³/mol. The summed E-state index contributed by atoms with van der Waals surface area (Å²) in [6, 6.07) is 14.6. The second kappa shape index (κ2) is 7.45. The molecule has 0 bridgehead atoms. The van der Waals surface area contributed by atoms with Crippen molar-refractivity contribution in [2.24, 2.45) is 0 Å². The van der Waals surface area contributed by atoms with E-state index in [1.54, 1.807) is 12.1 Å². The summed E-state index contributed by atoms with van der Waals surface area (Å²) >= 11 is 5.88. The number of hydrogen-bond acceptors (Lipinski definition) is 3. The van der Waals surface area contributed by atoms with Crippen LogP contribution in [0.4, 0.5) is 11.4 Å². The molecule has 0 spiro atoms. The van der Waals surface area contributed by atoms with E-state index in [2.05, 4.69) is 10.3 Å².